The molecule has 3 nitrogen and oxygen atoms in total. The Morgan fingerprint density at radius 2 is 0.958 bits per heavy atom. The maximum atomic E-state index is 5.21. The minimum Gasteiger partial charge on any atom is -0.297 e. The predicted molar refractivity (Wildman–Crippen MR) is 217 cm³/mol. The maximum Gasteiger partial charge on any atom is 0.106 e. The van der Waals surface area contributed by atoms with E-state index in [1.54, 1.807) is 0 Å². The Hall–Kier alpha value is -5.22. The molecule has 0 aliphatic carbocycles. The van der Waals surface area contributed by atoms with Gasteiger partial charge in [-0.3, -0.25) is 9.55 Å². The third-order valence-corrected chi connectivity index (χ3v) is 10.5. The van der Waals surface area contributed by atoms with Gasteiger partial charge in [-0.1, -0.05) is 103 Å². The van der Waals surface area contributed by atoms with Crippen LogP contribution in [0.3, 0.4) is 0 Å². The Balaban J connectivity index is 1.30. The molecule has 0 aliphatic rings. The van der Waals surface area contributed by atoms with Crippen LogP contribution in [0.25, 0.3) is 71.8 Å². The molecule has 224 valence electrons. The third-order valence-electron chi connectivity index (χ3n) is 10.5. The van der Waals surface area contributed by atoms with E-state index in [4.69, 9.17) is 4.98 Å². The molecular formula is C40H34B5N3. The Bertz CT molecular complexity index is 2390. The molecular weight excluding hydrogens is 577 g/mol. The highest BCUT2D eigenvalue weighted by Gasteiger charge is 2.38. The number of fused-ring (bicyclic) bond motifs is 3. The highest BCUT2D eigenvalue weighted by molar-refractivity contribution is 6.67. The number of imidazole rings is 1. The Morgan fingerprint density at radius 3 is 1.48 bits per heavy atom. The minimum atomic E-state index is -0.164. The first-order chi connectivity index (χ1) is 23.2. The van der Waals surface area contributed by atoms with Crippen LogP contribution >= 0.6 is 0 Å². The fraction of sp³-hybridized carbons (Fsp3) is 0.0500. The molecule has 0 atom stereocenters. The summed E-state index contributed by atoms with van der Waals surface area (Å²) in [7, 11) is 11.5. The van der Waals surface area contributed by atoms with Crippen LogP contribution in [-0.4, -0.2) is 53.8 Å². The molecule has 6 aromatic carbocycles. The van der Waals surface area contributed by atoms with Gasteiger partial charge in [-0.2, -0.15) is 0 Å². The van der Waals surface area contributed by atoms with E-state index in [0.717, 1.165) is 33.8 Å². The summed E-state index contributed by atoms with van der Waals surface area (Å²) in [6, 6.07) is 50.1. The van der Waals surface area contributed by atoms with Crippen molar-refractivity contribution in [1.29, 1.82) is 0 Å². The summed E-state index contributed by atoms with van der Waals surface area (Å²) in [5, 5.41) is 4.84. The van der Waals surface area contributed by atoms with E-state index in [9.17, 15) is 0 Å². The molecule has 0 saturated heterocycles. The Morgan fingerprint density at radius 1 is 0.479 bits per heavy atom. The van der Waals surface area contributed by atoms with Gasteiger partial charge in [0.15, 0.2) is 0 Å². The molecule has 0 aliphatic heterocycles. The van der Waals surface area contributed by atoms with Crippen molar-refractivity contribution in [3.8, 4) is 39.2 Å². The Kier molecular flexibility index (Phi) is 7.21. The number of nitrogens with zero attached hydrogens (tertiary/aromatic N) is 3. The molecule has 0 amide bonds. The second-order valence-electron chi connectivity index (χ2n) is 14.3. The molecule has 0 N–H and O–H groups in total. The highest BCUT2D eigenvalue weighted by atomic mass is 15.1. The topological polar surface area (TPSA) is 30.7 Å². The van der Waals surface area contributed by atoms with Gasteiger partial charge >= 0.3 is 0 Å². The summed E-state index contributed by atoms with van der Waals surface area (Å²) in [5.74, 6) is 1.08. The summed E-state index contributed by atoms with van der Waals surface area (Å²) in [4.78, 5) is 9.77. The van der Waals surface area contributed by atoms with E-state index in [-0.39, 0.29) is 10.3 Å². The summed E-state index contributed by atoms with van der Waals surface area (Å²) >= 11 is 0. The van der Waals surface area contributed by atoms with Crippen LogP contribution in [-0.2, 0) is 5.21 Å². The quantitative estimate of drug-likeness (QED) is 0.193. The SMILES string of the molecule is BC(B)(B)C(B)(B)c1nc2ccccc2n1-c1ccc(-c2c3ccccc3c(-c3ccc(-c4ccccn4)cc3)c3ccccc23)cc1. The standard InChI is InChI=1S/C40H34B5N3/c41-39(42,40(43,44)45)38-47-34-14-5-6-15-35(34)48(38)28-22-20-27(21-23-28)37-31-11-3-1-9-29(31)36(30-10-2-4-12-32(30)37)26-18-16-25(17-19-26)33-13-7-8-24-46-33/h1-24H,41-45H2. The molecule has 0 radical (unpaired) electrons. The van der Waals surface area contributed by atoms with Gasteiger partial charge in [0.05, 0.1) is 40.3 Å². The lowest BCUT2D eigenvalue weighted by Gasteiger charge is -2.39. The minimum absolute atomic E-state index is 0.0183. The second kappa shape index (κ2) is 11.5. The van der Waals surface area contributed by atoms with Gasteiger partial charge < -0.3 is 0 Å². The van der Waals surface area contributed by atoms with Crippen LogP contribution < -0.4 is 0 Å². The fourth-order valence-electron chi connectivity index (χ4n) is 6.91. The van der Waals surface area contributed by atoms with E-state index in [2.05, 4.69) is 176 Å². The molecule has 8 rings (SSSR count). The van der Waals surface area contributed by atoms with Crippen molar-refractivity contribution in [2.75, 3.05) is 0 Å². The molecule has 8 aromatic rings. The van der Waals surface area contributed by atoms with Gasteiger partial charge in [0, 0.05) is 17.4 Å². The number of aromatic nitrogens is 3. The van der Waals surface area contributed by atoms with E-state index in [1.807, 2.05) is 18.3 Å². The van der Waals surface area contributed by atoms with E-state index in [0.29, 0.717) is 0 Å². The van der Waals surface area contributed by atoms with Gasteiger partial charge in [-0.15, -0.1) is 5.11 Å². The molecule has 8 heteroatoms. The zero-order valence-electron chi connectivity index (χ0n) is 28.2. The number of hydrogen-bond acceptors (Lipinski definition) is 2. The number of hydrogen-bond donors (Lipinski definition) is 0. The normalized spacial score (nSPS) is 12.2. The first-order valence-electron chi connectivity index (χ1n) is 16.8. The van der Waals surface area contributed by atoms with Crippen molar-refractivity contribution >= 4 is 71.8 Å². The lowest BCUT2D eigenvalue weighted by atomic mass is 9.23. The lowest BCUT2D eigenvalue weighted by Crippen LogP contribution is -2.45. The van der Waals surface area contributed by atoms with Gasteiger partial charge in [0.1, 0.15) is 21.5 Å². The van der Waals surface area contributed by atoms with Crippen LogP contribution in [0.2, 0.25) is 5.11 Å². The van der Waals surface area contributed by atoms with Gasteiger partial charge in [0.25, 0.3) is 0 Å². The summed E-state index contributed by atoms with van der Waals surface area (Å²) in [5.41, 5.74) is 10.3. The fourth-order valence-corrected chi connectivity index (χ4v) is 6.91. The van der Waals surface area contributed by atoms with Crippen molar-refractivity contribution in [3.63, 3.8) is 0 Å². The van der Waals surface area contributed by atoms with Crippen LogP contribution in [0.5, 0.6) is 0 Å². The smallest absolute Gasteiger partial charge is 0.106 e. The number of rotatable bonds is 6. The van der Waals surface area contributed by atoms with Gasteiger partial charge in [-0.05, 0) is 85.4 Å². The van der Waals surface area contributed by atoms with Crippen LogP contribution in [0, 0.1) is 0 Å². The number of benzene rings is 6. The summed E-state index contributed by atoms with van der Waals surface area (Å²) < 4.78 is 2.36. The van der Waals surface area contributed by atoms with Crippen molar-refractivity contribution in [2.24, 2.45) is 0 Å². The number of pyridine rings is 1. The van der Waals surface area contributed by atoms with E-state index >= 15 is 0 Å². The lowest BCUT2D eigenvalue weighted by molar-refractivity contribution is 0.757. The largest absolute Gasteiger partial charge is 0.297 e. The average Bonchev–Trinajstić information content (AvgIpc) is 3.51. The van der Waals surface area contributed by atoms with Crippen molar-refractivity contribution < 1.29 is 0 Å². The summed E-state index contributed by atoms with van der Waals surface area (Å²) in [6.07, 6.45) is 1.85. The first kappa shape index (κ1) is 30.1. The second-order valence-corrected chi connectivity index (χ2v) is 14.3. The average molecular weight is 611 g/mol. The third kappa shape index (κ3) is 4.90. The molecule has 0 saturated carbocycles. The van der Waals surface area contributed by atoms with E-state index in [1.165, 1.54) is 43.8 Å². The van der Waals surface area contributed by atoms with Crippen molar-refractivity contribution in [2.45, 2.75) is 10.3 Å². The zero-order chi connectivity index (χ0) is 33.0. The molecule has 48 heavy (non-hydrogen) atoms. The van der Waals surface area contributed by atoms with Crippen molar-refractivity contribution in [1.82, 2.24) is 14.5 Å². The molecule has 2 aromatic heterocycles. The molecule has 0 fully saturated rings. The Labute approximate surface area is 286 Å². The monoisotopic (exact) mass is 611 g/mol. The molecule has 0 bridgehead atoms. The van der Waals surface area contributed by atoms with Crippen LogP contribution in [0.4, 0.5) is 0 Å². The van der Waals surface area contributed by atoms with Crippen LogP contribution in [0.15, 0.2) is 146 Å². The first-order valence-corrected chi connectivity index (χ1v) is 16.8. The maximum absolute atomic E-state index is 5.21. The molecule has 0 spiro atoms. The highest BCUT2D eigenvalue weighted by Crippen LogP contribution is 2.44. The van der Waals surface area contributed by atoms with Gasteiger partial charge in [-0.25, -0.2) is 4.98 Å². The summed E-state index contributed by atoms with van der Waals surface area (Å²) in [6.45, 7) is 0. The molecule has 2 heterocycles. The van der Waals surface area contributed by atoms with Crippen LogP contribution in [0.1, 0.15) is 5.82 Å². The van der Waals surface area contributed by atoms with E-state index < -0.39 is 0 Å². The van der Waals surface area contributed by atoms with Gasteiger partial charge in [0.2, 0.25) is 0 Å². The van der Waals surface area contributed by atoms with Crippen molar-refractivity contribution in [3.05, 3.63) is 152 Å². The molecule has 0 unspecified atom stereocenters. The zero-order valence-corrected chi connectivity index (χ0v) is 28.2. The number of para-hydroxylation sites is 2. The predicted octanol–water partition coefficient (Wildman–Crippen LogP) is 5.12.